The molecule has 1 amide bonds. The van der Waals surface area contributed by atoms with Crippen molar-refractivity contribution in [3.8, 4) is 12.0 Å². The van der Waals surface area contributed by atoms with Crippen LogP contribution >= 0.6 is 0 Å². The molecule has 11 nitrogen and oxygen atoms in total. The second-order valence-corrected chi connectivity index (χ2v) is 7.30. The number of fused-ring (bicyclic) bond motifs is 2. The minimum absolute atomic E-state index is 0.0486. The third-order valence-electron chi connectivity index (χ3n) is 5.38. The highest BCUT2D eigenvalue weighted by molar-refractivity contribution is 6.02. The van der Waals surface area contributed by atoms with E-state index in [0.717, 1.165) is 0 Å². The Kier molecular flexibility index (Phi) is 4.87. The second-order valence-electron chi connectivity index (χ2n) is 7.30. The molecular weight excluding hydrogens is 419 g/mol. The van der Waals surface area contributed by atoms with Crippen molar-refractivity contribution in [3.63, 3.8) is 0 Å². The lowest BCUT2D eigenvalue weighted by Crippen LogP contribution is -2.27. The highest BCUT2D eigenvalue weighted by Gasteiger charge is 2.26. The van der Waals surface area contributed by atoms with Gasteiger partial charge in [0.15, 0.2) is 11.3 Å². The molecule has 1 saturated heterocycles. The molecule has 3 aromatic heterocycles. The number of hydrogen-bond acceptors (Lipinski definition) is 7. The van der Waals surface area contributed by atoms with Gasteiger partial charge in [0, 0.05) is 25.3 Å². The Morgan fingerprint density at radius 1 is 1.34 bits per heavy atom. The number of nitriles is 1. The fourth-order valence-electron chi connectivity index (χ4n) is 3.89. The van der Waals surface area contributed by atoms with E-state index in [-0.39, 0.29) is 35.4 Å². The predicted molar refractivity (Wildman–Crippen MR) is 110 cm³/mol. The molecule has 4 heterocycles. The van der Waals surface area contributed by atoms with Crippen molar-refractivity contribution in [2.45, 2.75) is 18.9 Å². The van der Waals surface area contributed by atoms with Crippen molar-refractivity contribution in [1.82, 2.24) is 34.4 Å². The molecule has 0 aliphatic carbocycles. The third kappa shape index (κ3) is 3.28. The summed E-state index contributed by atoms with van der Waals surface area (Å²) in [6.45, 7) is 0.773. The molecule has 0 bridgehead atoms. The number of hydrogen-bond donors (Lipinski definition) is 2. The molecule has 4 aromatic rings. The Hall–Kier alpha value is -4.11. The summed E-state index contributed by atoms with van der Waals surface area (Å²) >= 11 is 0. The standard InChI is InChI=1S/C20H17FN8O3/c21-11-1-2-13-14(9-11)28(10-24-13)19-25-16(18(30)23-6-5-22)15-17(27-19)29(20(31)26-15)12-3-7-32-8-4-12/h1-2,9-10,12H,3-4,6-8H2,(H,23,30)(H,26,31). The van der Waals surface area contributed by atoms with Crippen LogP contribution in [0.1, 0.15) is 29.4 Å². The Morgan fingerprint density at radius 3 is 2.94 bits per heavy atom. The smallest absolute Gasteiger partial charge is 0.327 e. The van der Waals surface area contributed by atoms with Gasteiger partial charge in [-0.25, -0.2) is 19.2 Å². The number of aromatic nitrogens is 6. The monoisotopic (exact) mass is 436 g/mol. The molecule has 5 rings (SSSR count). The molecule has 1 aliphatic rings. The molecule has 0 spiro atoms. The van der Waals surface area contributed by atoms with Gasteiger partial charge < -0.3 is 15.0 Å². The van der Waals surface area contributed by atoms with Crippen LogP contribution in [0.2, 0.25) is 0 Å². The van der Waals surface area contributed by atoms with E-state index in [0.29, 0.717) is 37.1 Å². The second kappa shape index (κ2) is 7.86. The minimum Gasteiger partial charge on any atom is -0.381 e. The van der Waals surface area contributed by atoms with E-state index in [9.17, 15) is 14.0 Å². The van der Waals surface area contributed by atoms with Crippen molar-refractivity contribution >= 4 is 28.1 Å². The number of aromatic amines is 1. The number of benzene rings is 1. The van der Waals surface area contributed by atoms with E-state index < -0.39 is 17.4 Å². The summed E-state index contributed by atoms with van der Waals surface area (Å²) in [5, 5.41) is 11.3. The number of ether oxygens (including phenoxy) is 1. The molecule has 0 radical (unpaired) electrons. The van der Waals surface area contributed by atoms with Crippen LogP contribution in [0.25, 0.3) is 28.1 Å². The quantitative estimate of drug-likeness (QED) is 0.458. The van der Waals surface area contributed by atoms with Gasteiger partial charge in [0.25, 0.3) is 5.91 Å². The van der Waals surface area contributed by atoms with E-state index in [1.165, 1.54) is 33.7 Å². The van der Waals surface area contributed by atoms with Crippen LogP contribution in [0.15, 0.2) is 29.3 Å². The average molecular weight is 436 g/mol. The van der Waals surface area contributed by atoms with Crippen LogP contribution in [-0.2, 0) is 4.74 Å². The van der Waals surface area contributed by atoms with E-state index in [4.69, 9.17) is 10.00 Å². The predicted octanol–water partition coefficient (Wildman–Crippen LogP) is 1.20. The van der Waals surface area contributed by atoms with Gasteiger partial charge in [0.1, 0.15) is 24.2 Å². The molecule has 2 N–H and O–H groups in total. The number of imidazole rings is 2. The molecule has 1 fully saturated rings. The lowest BCUT2D eigenvalue weighted by atomic mass is 10.1. The number of rotatable bonds is 4. The molecule has 0 unspecified atom stereocenters. The van der Waals surface area contributed by atoms with Gasteiger partial charge in [-0.15, -0.1) is 0 Å². The first-order valence-electron chi connectivity index (χ1n) is 9.95. The molecule has 0 atom stereocenters. The Morgan fingerprint density at radius 2 is 2.16 bits per heavy atom. The highest BCUT2D eigenvalue weighted by atomic mass is 19.1. The Labute approximate surface area is 179 Å². The van der Waals surface area contributed by atoms with Crippen molar-refractivity contribution in [2.75, 3.05) is 19.8 Å². The maximum absolute atomic E-state index is 13.9. The van der Waals surface area contributed by atoms with Crippen LogP contribution in [-0.4, -0.2) is 54.7 Å². The molecular formula is C20H17FN8O3. The number of halogens is 1. The number of carbonyl (C=O) groups excluding carboxylic acids is 1. The van der Waals surface area contributed by atoms with Crippen LogP contribution < -0.4 is 11.0 Å². The topological polar surface area (TPSA) is 144 Å². The minimum atomic E-state index is -0.642. The third-order valence-corrected chi connectivity index (χ3v) is 5.38. The van der Waals surface area contributed by atoms with Gasteiger partial charge in [0.05, 0.1) is 17.1 Å². The van der Waals surface area contributed by atoms with Crippen molar-refractivity contribution in [3.05, 3.63) is 46.5 Å². The number of H-pyrrole nitrogens is 1. The van der Waals surface area contributed by atoms with E-state index >= 15 is 0 Å². The van der Waals surface area contributed by atoms with Gasteiger partial charge >= 0.3 is 5.69 Å². The van der Waals surface area contributed by atoms with Gasteiger partial charge in [-0.05, 0) is 25.0 Å². The lowest BCUT2D eigenvalue weighted by molar-refractivity contribution is 0.0697. The Bertz CT molecular complexity index is 1440. The van der Waals surface area contributed by atoms with Crippen LogP contribution in [0, 0.1) is 17.1 Å². The van der Waals surface area contributed by atoms with Crippen molar-refractivity contribution in [1.29, 1.82) is 5.26 Å². The van der Waals surface area contributed by atoms with Crippen LogP contribution in [0.5, 0.6) is 0 Å². The summed E-state index contributed by atoms with van der Waals surface area (Å²) in [6, 6.07) is 5.77. The molecule has 1 aromatic carbocycles. The largest absolute Gasteiger partial charge is 0.381 e. The number of amides is 1. The van der Waals surface area contributed by atoms with Crippen LogP contribution in [0.3, 0.4) is 0 Å². The first-order valence-corrected chi connectivity index (χ1v) is 9.95. The highest BCUT2D eigenvalue weighted by Crippen LogP contribution is 2.25. The number of carbonyl (C=O) groups is 1. The van der Waals surface area contributed by atoms with Gasteiger partial charge in [0.2, 0.25) is 5.95 Å². The number of nitrogens with one attached hydrogen (secondary N) is 2. The summed E-state index contributed by atoms with van der Waals surface area (Å²) in [5.74, 6) is -1.06. The zero-order chi connectivity index (χ0) is 22.2. The van der Waals surface area contributed by atoms with Gasteiger partial charge in [-0.3, -0.25) is 13.9 Å². The van der Waals surface area contributed by atoms with E-state index in [2.05, 4.69) is 25.3 Å². The van der Waals surface area contributed by atoms with E-state index in [1.54, 1.807) is 0 Å². The van der Waals surface area contributed by atoms with Crippen molar-refractivity contribution in [2.24, 2.45) is 0 Å². The maximum atomic E-state index is 13.9. The molecule has 162 valence electrons. The first-order chi connectivity index (χ1) is 15.6. The zero-order valence-corrected chi connectivity index (χ0v) is 16.7. The molecule has 0 saturated carbocycles. The first kappa shape index (κ1) is 19.8. The lowest BCUT2D eigenvalue weighted by Gasteiger charge is -2.23. The zero-order valence-electron chi connectivity index (χ0n) is 16.7. The van der Waals surface area contributed by atoms with Gasteiger partial charge in [-0.2, -0.15) is 10.2 Å². The normalized spacial score (nSPS) is 14.6. The SMILES string of the molecule is N#CCNC(=O)c1nc(-n2cnc3ccc(F)cc32)nc2c1[nH]c(=O)n2C1CCOCC1. The van der Waals surface area contributed by atoms with E-state index in [1.807, 2.05) is 6.07 Å². The van der Waals surface area contributed by atoms with Crippen molar-refractivity contribution < 1.29 is 13.9 Å². The summed E-state index contributed by atoms with van der Waals surface area (Å²) < 4.78 is 22.2. The van der Waals surface area contributed by atoms with Gasteiger partial charge in [-0.1, -0.05) is 0 Å². The number of nitrogens with zero attached hydrogens (tertiary/aromatic N) is 6. The Balaban J connectivity index is 1.76. The maximum Gasteiger partial charge on any atom is 0.327 e. The fourth-order valence-corrected chi connectivity index (χ4v) is 3.89. The summed E-state index contributed by atoms with van der Waals surface area (Å²) in [6.07, 6.45) is 2.65. The summed E-state index contributed by atoms with van der Waals surface area (Å²) in [4.78, 5) is 41.4. The average Bonchev–Trinajstić information content (AvgIpc) is 3.37. The summed E-state index contributed by atoms with van der Waals surface area (Å²) in [5.41, 5.74) is 0.809. The fraction of sp³-hybridized carbons (Fsp3) is 0.300. The molecule has 1 aliphatic heterocycles. The van der Waals surface area contributed by atoms with Crippen LogP contribution in [0.4, 0.5) is 4.39 Å². The molecule has 12 heteroatoms. The summed E-state index contributed by atoms with van der Waals surface area (Å²) in [7, 11) is 0. The molecule has 32 heavy (non-hydrogen) atoms.